The van der Waals surface area contributed by atoms with Crippen molar-refractivity contribution < 1.29 is 4.79 Å². The number of hydrogen-bond donors (Lipinski definition) is 1. The third kappa shape index (κ3) is 3.23. The lowest BCUT2D eigenvalue weighted by atomic mass is 9.80. The molecule has 1 atom stereocenters. The summed E-state index contributed by atoms with van der Waals surface area (Å²) < 4.78 is 0. The lowest BCUT2D eigenvalue weighted by Gasteiger charge is -2.27. The Bertz CT molecular complexity index is 510. The molecule has 110 valence electrons. The summed E-state index contributed by atoms with van der Waals surface area (Å²) in [6.45, 7) is 8.32. The molecule has 1 saturated heterocycles. The Morgan fingerprint density at radius 1 is 1.45 bits per heavy atom. The van der Waals surface area contributed by atoms with Gasteiger partial charge < -0.3 is 10.2 Å². The van der Waals surface area contributed by atoms with E-state index in [4.69, 9.17) is 11.6 Å². The van der Waals surface area contributed by atoms with E-state index in [-0.39, 0.29) is 11.3 Å². The Morgan fingerprint density at radius 2 is 2.15 bits per heavy atom. The van der Waals surface area contributed by atoms with Gasteiger partial charge in [-0.1, -0.05) is 32.4 Å². The van der Waals surface area contributed by atoms with Crippen LogP contribution in [0.15, 0.2) is 12.1 Å². The first-order valence-electron chi connectivity index (χ1n) is 6.96. The van der Waals surface area contributed by atoms with Crippen LogP contribution >= 0.6 is 11.6 Å². The standard InChI is InChI=1S/C15H22ClN3O/c1-15(2,3)11-5-6-19(9-11)14(20)10-7-12(16)18-13(8-10)17-4/h7-8,11H,5-6,9H2,1-4H3,(H,17,18). The largest absolute Gasteiger partial charge is 0.373 e. The summed E-state index contributed by atoms with van der Waals surface area (Å²) in [5.41, 5.74) is 0.838. The van der Waals surface area contributed by atoms with Crippen LogP contribution in [0.1, 0.15) is 37.6 Å². The molecular formula is C15H22ClN3O. The number of carbonyl (C=O) groups is 1. The van der Waals surface area contributed by atoms with Crippen LogP contribution in [0.3, 0.4) is 0 Å². The number of carbonyl (C=O) groups excluding carboxylic acids is 1. The highest BCUT2D eigenvalue weighted by molar-refractivity contribution is 6.29. The van der Waals surface area contributed by atoms with Gasteiger partial charge in [-0.2, -0.15) is 0 Å². The summed E-state index contributed by atoms with van der Waals surface area (Å²) in [4.78, 5) is 18.6. The minimum atomic E-state index is 0.0394. The molecule has 1 amide bonds. The number of nitrogens with one attached hydrogen (secondary N) is 1. The average Bonchev–Trinajstić information content (AvgIpc) is 2.86. The SMILES string of the molecule is CNc1cc(C(=O)N2CCC(C(C)(C)C)C2)cc(Cl)n1. The molecule has 0 saturated carbocycles. The quantitative estimate of drug-likeness (QED) is 0.852. The number of likely N-dealkylation sites (tertiary alicyclic amines) is 1. The molecular weight excluding hydrogens is 274 g/mol. The highest BCUT2D eigenvalue weighted by Crippen LogP contribution is 2.34. The van der Waals surface area contributed by atoms with Crippen molar-refractivity contribution in [3.05, 3.63) is 22.8 Å². The predicted octanol–water partition coefficient (Wildman–Crippen LogP) is 3.28. The zero-order valence-electron chi connectivity index (χ0n) is 12.5. The van der Waals surface area contributed by atoms with Gasteiger partial charge >= 0.3 is 0 Å². The maximum Gasteiger partial charge on any atom is 0.254 e. The van der Waals surface area contributed by atoms with Crippen LogP contribution in [0.4, 0.5) is 5.82 Å². The van der Waals surface area contributed by atoms with Crippen LogP contribution in [0.25, 0.3) is 0 Å². The van der Waals surface area contributed by atoms with Gasteiger partial charge in [0.15, 0.2) is 0 Å². The van der Waals surface area contributed by atoms with Gasteiger partial charge in [0, 0.05) is 25.7 Å². The normalized spacial score (nSPS) is 19.2. The topological polar surface area (TPSA) is 45.2 Å². The lowest BCUT2D eigenvalue weighted by molar-refractivity contribution is 0.0776. The summed E-state index contributed by atoms with van der Waals surface area (Å²) >= 11 is 5.96. The maximum atomic E-state index is 12.6. The fraction of sp³-hybridized carbons (Fsp3) is 0.600. The fourth-order valence-corrected chi connectivity index (χ4v) is 2.79. The van der Waals surface area contributed by atoms with E-state index in [1.165, 1.54) is 0 Å². The maximum absolute atomic E-state index is 12.6. The second kappa shape index (κ2) is 5.60. The van der Waals surface area contributed by atoms with Crippen molar-refractivity contribution in [1.82, 2.24) is 9.88 Å². The van der Waals surface area contributed by atoms with Crippen molar-refractivity contribution in [2.75, 3.05) is 25.5 Å². The molecule has 0 spiro atoms. The summed E-state index contributed by atoms with van der Waals surface area (Å²) in [5, 5.41) is 3.26. The number of hydrogen-bond acceptors (Lipinski definition) is 3. The highest BCUT2D eigenvalue weighted by Gasteiger charge is 2.34. The molecule has 1 aliphatic rings. The van der Waals surface area contributed by atoms with Gasteiger partial charge in [-0.3, -0.25) is 4.79 Å². The van der Waals surface area contributed by atoms with Crippen LogP contribution in [-0.2, 0) is 0 Å². The zero-order valence-corrected chi connectivity index (χ0v) is 13.3. The third-order valence-corrected chi connectivity index (χ3v) is 4.19. The second-order valence-corrected chi connectivity index (χ2v) is 6.80. The van der Waals surface area contributed by atoms with E-state index in [1.54, 1.807) is 19.2 Å². The van der Waals surface area contributed by atoms with Gasteiger partial charge in [-0.15, -0.1) is 0 Å². The molecule has 0 aromatic carbocycles. The van der Waals surface area contributed by atoms with E-state index in [0.29, 0.717) is 22.5 Å². The zero-order chi connectivity index (χ0) is 14.9. The first-order valence-corrected chi connectivity index (χ1v) is 7.33. The predicted molar refractivity (Wildman–Crippen MR) is 82.3 cm³/mol. The van der Waals surface area contributed by atoms with E-state index in [1.807, 2.05) is 4.90 Å². The minimum absolute atomic E-state index is 0.0394. The first-order chi connectivity index (χ1) is 9.31. The molecule has 20 heavy (non-hydrogen) atoms. The van der Waals surface area contributed by atoms with Crippen LogP contribution in [0, 0.1) is 11.3 Å². The van der Waals surface area contributed by atoms with Gasteiger partial charge in [0.1, 0.15) is 11.0 Å². The number of nitrogens with zero attached hydrogens (tertiary/aromatic N) is 2. The Balaban J connectivity index is 2.15. The molecule has 2 heterocycles. The fourth-order valence-electron chi connectivity index (χ4n) is 2.58. The molecule has 0 aliphatic carbocycles. The summed E-state index contributed by atoms with van der Waals surface area (Å²) in [5.74, 6) is 1.21. The first kappa shape index (κ1) is 15.1. The third-order valence-electron chi connectivity index (χ3n) is 4.00. The number of aromatic nitrogens is 1. The monoisotopic (exact) mass is 295 g/mol. The van der Waals surface area contributed by atoms with Crippen molar-refractivity contribution in [3.8, 4) is 0 Å². The summed E-state index contributed by atoms with van der Waals surface area (Å²) in [7, 11) is 1.76. The van der Waals surface area contributed by atoms with E-state index in [2.05, 4.69) is 31.1 Å². The summed E-state index contributed by atoms with van der Waals surface area (Å²) in [6.07, 6.45) is 1.06. The number of pyridine rings is 1. The van der Waals surface area contributed by atoms with Gasteiger partial charge in [0.2, 0.25) is 0 Å². The van der Waals surface area contributed by atoms with E-state index in [9.17, 15) is 4.79 Å². The molecule has 1 fully saturated rings. The number of halogens is 1. The molecule has 4 nitrogen and oxygen atoms in total. The van der Waals surface area contributed by atoms with Crippen molar-refractivity contribution in [1.29, 1.82) is 0 Å². The molecule has 1 aliphatic heterocycles. The summed E-state index contributed by atoms with van der Waals surface area (Å²) in [6, 6.07) is 3.38. The second-order valence-electron chi connectivity index (χ2n) is 6.42. The smallest absolute Gasteiger partial charge is 0.254 e. The van der Waals surface area contributed by atoms with Crippen LogP contribution in [-0.4, -0.2) is 35.9 Å². The average molecular weight is 296 g/mol. The van der Waals surface area contributed by atoms with E-state index < -0.39 is 0 Å². The van der Waals surface area contributed by atoms with Gasteiger partial charge in [-0.05, 0) is 29.9 Å². The molecule has 1 unspecified atom stereocenters. The lowest BCUT2D eigenvalue weighted by Crippen LogP contribution is -2.31. The Labute approximate surface area is 125 Å². The van der Waals surface area contributed by atoms with Gasteiger partial charge in [-0.25, -0.2) is 4.98 Å². The molecule has 1 aromatic heterocycles. The van der Waals surface area contributed by atoms with Crippen LogP contribution in [0.2, 0.25) is 5.15 Å². The molecule has 0 bridgehead atoms. The number of amides is 1. The van der Waals surface area contributed by atoms with Crippen molar-refractivity contribution in [2.24, 2.45) is 11.3 Å². The van der Waals surface area contributed by atoms with Gasteiger partial charge in [0.25, 0.3) is 5.91 Å². The van der Waals surface area contributed by atoms with Crippen molar-refractivity contribution >= 4 is 23.3 Å². The van der Waals surface area contributed by atoms with Crippen molar-refractivity contribution in [3.63, 3.8) is 0 Å². The van der Waals surface area contributed by atoms with Crippen LogP contribution in [0.5, 0.6) is 0 Å². The van der Waals surface area contributed by atoms with Crippen LogP contribution < -0.4 is 5.32 Å². The van der Waals surface area contributed by atoms with Gasteiger partial charge in [0.05, 0.1) is 0 Å². The Hall–Kier alpha value is -1.29. The minimum Gasteiger partial charge on any atom is -0.373 e. The van der Waals surface area contributed by atoms with E-state index >= 15 is 0 Å². The number of anilines is 1. The Morgan fingerprint density at radius 3 is 2.70 bits per heavy atom. The molecule has 0 radical (unpaired) electrons. The molecule has 2 rings (SSSR count). The molecule has 5 heteroatoms. The molecule has 1 N–H and O–H groups in total. The Kier molecular flexibility index (Phi) is 4.23. The molecule has 1 aromatic rings. The number of rotatable bonds is 2. The highest BCUT2D eigenvalue weighted by atomic mass is 35.5. The van der Waals surface area contributed by atoms with Crippen molar-refractivity contribution in [2.45, 2.75) is 27.2 Å². The van der Waals surface area contributed by atoms with E-state index in [0.717, 1.165) is 19.5 Å².